The molecule has 7 heteroatoms. The van der Waals surface area contributed by atoms with Crippen LogP contribution >= 0.6 is 15.9 Å². The standard InChI is InChI=1S/C30H25BrO6/c1-20(32)27(28(33)22-13-15-26(31)16-14-22)19-25(29(34)36-2)12-7-17-37-30(35)24-11-6-10-23(18-24)21-8-4-3-5-9-21/h3-18,27H,19H2,1-2H3/b17-7+,25-12+. The molecular weight excluding hydrogens is 536 g/mol. The molecule has 0 aromatic heterocycles. The van der Waals surface area contributed by atoms with Gasteiger partial charge in [-0.25, -0.2) is 9.59 Å². The molecule has 0 aliphatic rings. The molecule has 0 fully saturated rings. The molecule has 0 heterocycles. The van der Waals surface area contributed by atoms with Gasteiger partial charge >= 0.3 is 11.9 Å². The molecule has 0 radical (unpaired) electrons. The first-order valence-corrected chi connectivity index (χ1v) is 12.2. The third-order valence-electron chi connectivity index (χ3n) is 5.56. The van der Waals surface area contributed by atoms with Crippen LogP contribution in [0.3, 0.4) is 0 Å². The number of benzene rings is 3. The molecule has 6 nitrogen and oxygen atoms in total. The van der Waals surface area contributed by atoms with Gasteiger partial charge in [0.15, 0.2) is 5.78 Å². The van der Waals surface area contributed by atoms with E-state index in [4.69, 9.17) is 9.47 Å². The molecule has 1 unspecified atom stereocenters. The lowest BCUT2D eigenvalue weighted by atomic mass is 9.88. The minimum Gasteiger partial charge on any atom is -0.466 e. The van der Waals surface area contributed by atoms with Crippen molar-refractivity contribution < 1.29 is 28.7 Å². The van der Waals surface area contributed by atoms with E-state index in [1.807, 2.05) is 36.4 Å². The second kappa shape index (κ2) is 13.3. The Bertz CT molecular complexity index is 1340. The van der Waals surface area contributed by atoms with E-state index >= 15 is 0 Å². The van der Waals surface area contributed by atoms with Crippen molar-refractivity contribution in [1.82, 2.24) is 0 Å². The molecule has 3 rings (SSSR count). The number of ether oxygens (including phenoxy) is 2. The molecule has 37 heavy (non-hydrogen) atoms. The summed E-state index contributed by atoms with van der Waals surface area (Å²) in [6.45, 7) is 1.30. The third-order valence-corrected chi connectivity index (χ3v) is 6.09. The molecule has 0 bridgehead atoms. The molecule has 188 valence electrons. The minimum absolute atomic E-state index is 0.0894. The number of esters is 2. The van der Waals surface area contributed by atoms with Gasteiger partial charge in [-0.3, -0.25) is 9.59 Å². The predicted octanol–water partition coefficient (Wildman–Crippen LogP) is 6.36. The van der Waals surface area contributed by atoms with Crippen LogP contribution in [0.25, 0.3) is 11.1 Å². The zero-order chi connectivity index (χ0) is 26.8. The van der Waals surface area contributed by atoms with Crippen molar-refractivity contribution in [2.24, 2.45) is 5.92 Å². The van der Waals surface area contributed by atoms with Crippen LogP contribution in [0.5, 0.6) is 0 Å². The number of allylic oxidation sites excluding steroid dienone is 2. The van der Waals surface area contributed by atoms with Crippen molar-refractivity contribution in [1.29, 1.82) is 0 Å². The van der Waals surface area contributed by atoms with Gasteiger partial charge in [-0.15, -0.1) is 0 Å². The molecular formula is C30H25BrO6. The van der Waals surface area contributed by atoms with Crippen molar-refractivity contribution in [3.63, 3.8) is 0 Å². The molecule has 0 N–H and O–H groups in total. The maximum absolute atomic E-state index is 12.9. The second-order valence-electron chi connectivity index (χ2n) is 8.10. The highest BCUT2D eigenvalue weighted by molar-refractivity contribution is 9.10. The van der Waals surface area contributed by atoms with Crippen LogP contribution in [-0.4, -0.2) is 30.6 Å². The summed E-state index contributed by atoms with van der Waals surface area (Å²) >= 11 is 3.31. The topological polar surface area (TPSA) is 86.7 Å². The fourth-order valence-electron chi connectivity index (χ4n) is 3.59. The summed E-state index contributed by atoms with van der Waals surface area (Å²) < 4.78 is 10.8. The first-order chi connectivity index (χ1) is 17.8. The fourth-order valence-corrected chi connectivity index (χ4v) is 3.85. The lowest BCUT2D eigenvalue weighted by Crippen LogP contribution is -2.24. The Labute approximate surface area is 223 Å². The summed E-state index contributed by atoms with van der Waals surface area (Å²) in [6.07, 6.45) is 3.70. The van der Waals surface area contributed by atoms with E-state index in [0.717, 1.165) is 21.9 Å². The zero-order valence-corrected chi connectivity index (χ0v) is 21.9. The molecule has 0 saturated heterocycles. The first-order valence-electron chi connectivity index (χ1n) is 11.4. The number of hydrogen-bond donors (Lipinski definition) is 0. The molecule has 3 aromatic carbocycles. The van der Waals surface area contributed by atoms with Crippen LogP contribution in [0.15, 0.2) is 107 Å². The Kier molecular flexibility index (Phi) is 9.86. The van der Waals surface area contributed by atoms with Crippen LogP contribution in [-0.2, 0) is 19.1 Å². The van der Waals surface area contributed by atoms with E-state index in [0.29, 0.717) is 11.1 Å². The lowest BCUT2D eigenvalue weighted by molar-refractivity contribution is -0.136. The first kappa shape index (κ1) is 27.5. The van der Waals surface area contributed by atoms with Crippen LogP contribution in [0.1, 0.15) is 34.1 Å². The Morgan fingerprint density at radius 2 is 1.54 bits per heavy atom. The van der Waals surface area contributed by atoms with Gasteiger partial charge < -0.3 is 9.47 Å². The van der Waals surface area contributed by atoms with Crippen LogP contribution in [0.2, 0.25) is 0 Å². The molecule has 1 atom stereocenters. The van der Waals surface area contributed by atoms with E-state index in [2.05, 4.69) is 15.9 Å². The van der Waals surface area contributed by atoms with Crippen molar-refractivity contribution in [3.05, 3.63) is 118 Å². The van der Waals surface area contributed by atoms with E-state index in [1.165, 1.54) is 26.2 Å². The highest BCUT2D eigenvalue weighted by Crippen LogP contribution is 2.22. The number of ketones is 2. The Morgan fingerprint density at radius 1 is 0.865 bits per heavy atom. The van der Waals surface area contributed by atoms with Gasteiger partial charge in [0.05, 0.1) is 24.9 Å². The highest BCUT2D eigenvalue weighted by Gasteiger charge is 2.28. The SMILES string of the molecule is COC(=O)/C(=C/C=C/OC(=O)c1cccc(-c2ccccc2)c1)CC(C(C)=O)C(=O)c1ccc(Br)cc1. The molecule has 3 aromatic rings. The maximum Gasteiger partial charge on any atom is 0.342 e. The third kappa shape index (κ3) is 7.69. The summed E-state index contributed by atoms with van der Waals surface area (Å²) in [4.78, 5) is 50.1. The highest BCUT2D eigenvalue weighted by atomic mass is 79.9. The monoisotopic (exact) mass is 560 g/mol. The van der Waals surface area contributed by atoms with Crippen molar-refractivity contribution >= 4 is 39.4 Å². The summed E-state index contributed by atoms with van der Waals surface area (Å²) in [5.41, 5.74) is 2.65. The number of carbonyl (C=O) groups is 4. The fraction of sp³-hybridized carbons (Fsp3) is 0.133. The minimum atomic E-state index is -1.07. The van der Waals surface area contributed by atoms with Crippen LogP contribution in [0, 0.1) is 5.92 Å². The average Bonchev–Trinajstić information content (AvgIpc) is 2.92. The Balaban J connectivity index is 1.73. The van der Waals surface area contributed by atoms with E-state index in [9.17, 15) is 19.2 Å². The predicted molar refractivity (Wildman–Crippen MR) is 144 cm³/mol. The molecule has 0 saturated carbocycles. The normalized spacial score (nSPS) is 12.1. The van der Waals surface area contributed by atoms with Gasteiger partial charge in [-0.05, 0) is 60.9 Å². The van der Waals surface area contributed by atoms with Gasteiger partial charge in [0.25, 0.3) is 0 Å². The number of halogens is 1. The van der Waals surface area contributed by atoms with Gasteiger partial charge in [0, 0.05) is 15.6 Å². The van der Waals surface area contributed by atoms with E-state index < -0.39 is 23.6 Å². The van der Waals surface area contributed by atoms with Gasteiger partial charge in [0.2, 0.25) is 0 Å². The van der Waals surface area contributed by atoms with Crippen LogP contribution < -0.4 is 0 Å². The number of carbonyl (C=O) groups excluding carboxylic acids is 4. The van der Waals surface area contributed by atoms with Crippen molar-refractivity contribution in [2.75, 3.05) is 7.11 Å². The summed E-state index contributed by atoms with van der Waals surface area (Å²) in [6, 6.07) is 23.3. The maximum atomic E-state index is 12.9. The van der Waals surface area contributed by atoms with Crippen molar-refractivity contribution in [2.45, 2.75) is 13.3 Å². The second-order valence-corrected chi connectivity index (χ2v) is 9.02. The lowest BCUT2D eigenvalue weighted by Gasteiger charge is -2.14. The Morgan fingerprint density at radius 3 is 2.19 bits per heavy atom. The number of rotatable bonds is 10. The zero-order valence-electron chi connectivity index (χ0n) is 20.3. The van der Waals surface area contributed by atoms with Gasteiger partial charge in [0.1, 0.15) is 5.78 Å². The van der Waals surface area contributed by atoms with E-state index in [-0.39, 0.29) is 17.8 Å². The Hall–Kier alpha value is -4.10. The average molecular weight is 561 g/mol. The van der Waals surface area contributed by atoms with Crippen LogP contribution in [0.4, 0.5) is 0 Å². The smallest absolute Gasteiger partial charge is 0.342 e. The number of methoxy groups -OCH3 is 1. The number of Topliss-reactive ketones (excluding diaryl/α,β-unsaturated/α-hetero) is 2. The van der Waals surface area contributed by atoms with Gasteiger partial charge in [-0.1, -0.05) is 70.5 Å². The largest absolute Gasteiger partial charge is 0.466 e. The van der Waals surface area contributed by atoms with Crippen molar-refractivity contribution in [3.8, 4) is 11.1 Å². The molecule has 0 aliphatic heterocycles. The summed E-state index contributed by atoms with van der Waals surface area (Å²) in [7, 11) is 1.21. The molecule has 0 amide bonds. The number of hydrogen-bond acceptors (Lipinski definition) is 6. The van der Waals surface area contributed by atoms with Gasteiger partial charge in [-0.2, -0.15) is 0 Å². The van der Waals surface area contributed by atoms with E-state index in [1.54, 1.807) is 42.5 Å². The summed E-state index contributed by atoms with van der Waals surface area (Å²) in [5.74, 6) is -3.11. The molecule has 0 aliphatic carbocycles. The quantitative estimate of drug-likeness (QED) is 0.0715. The molecule has 0 spiro atoms. The summed E-state index contributed by atoms with van der Waals surface area (Å²) in [5, 5.41) is 0.